The van der Waals surface area contributed by atoms with Crippen LogP contribution in [0.5, 0.6) is 0 Å². The van der Waals surface area contributed by atoms with Gasteiger partial charge < -0.3 is 4.74 Å². The molecule has 0 spiro atoms. The SMILES string of the molecule is CCCC1CCCCCCCC=CCCCCC(=O)O1. The molecule has 0 bridgehead atoms. The lowest BCUT2D eigenvalue weighted by molar-refractivity contribution is -0.150. The first-order chi connectivity index (χ1) is 9.83. The third kappa shape index (κ3) is 9.17. The van der Waals surface area contributed by atoms with Gasteiger partial charge in [0, 0.05) is 6.42 Å². The van der Waals surface area contributed by atoms with Crippen molar-refractivity contribution in [1.29, 1.82) is 0 Å². The molecule has 1 unspecified atom stereocenters. The fourth-order valence-corrected chi connectivity index (χ4v) is 2.76. The number of rotatable bonds is 2. The molecule has 1 aliphatic rings. The van der Waals surface area contributed by atoms with Gasteiger partial charge in [0.1, 0.15) is 6.10 Å². The van der Waals surface area contributed by atoms with Gasteiger partial charge in [-0.05, 0) is 51.4 Å². The Labute approximate surface area is 125 Å². The number of carbonyl (C=O) groups excluding carboxylic acids is 1. The minimum Gasteiger partial charge on any atom is -0.462 e. The van der Waals surface area contributed by atoms with E-state index in [1.807, 2.05) is 0 Å². The van der Waals surface area contributed by atoms with Crippen molar-refractivity contribution in [2.75, 3.05) is 0 Å². The van der Waals surface area contributed by atoms with Crippen LogP contribution in [-0.4, -0.2) is 12.1 Å². The van der Waals surface area contributed by atoms with E-state index < -0.39 is 0 Å². The van der Waals surface area contributed by atoms with Crippen molar-refractivity contribution in [2.45, 2.75) is 96.5 Å². The minimum atomic E-state index is 0.0134. The lowest BCUT2D eigenvalue weighted by atomic mass is 10.0. The van der Waals surface area contributed by atoms with Crippen molar-refractivity contribution in [3.63, 3.8) is 0 Å². The number of esters is 1. The second-order valence-electron chi connectivity index (χ2n) is 5.96. The van der Waals surface area contributed by atoms with E-state index >= 15 is 0 Å². The van der Waals surface area contributed by atoms with Crippen LogP contribution in [0.3, 0.4) is 0 Å². The molecule has 2 nitrogen and oxygen atoms in total. The largest absolute Gasteiger partial charge is 0.462 e. The molecule has 0 N–H and O–H groups in total. The average Bonchev–Trinajstić information content (AvgIpc) is 2.42. The molecule has 0 aromatic heterocycles. The normalized spacial score (nSPS) is 24.2. The molecular weight excluding hydrogens is 248 g/mol. The third-order valence-corrected chi connectivity index (χ3v) is 3.97. The molecule has 0 radical (unpaired) electrons. The summed E-state index contributed by atoms with van der Waals surface area (Å²) in [6, 6.07) is 0. The van der Waals surface area contributed by atoms with Crippen LogP contribution in [0.4, 0.5) is 0 Å². The summed E-state index contributed by atoms with van der Waals surface area (Å²) in [4.78, 5) is 11.8. The molecule has 2 heteroatoms. The van der Waals surface area contributed by atoms with E-state index in [1.165, 1.54) is 38.5 Å². The maximum absolute atomic E-state index is 11.8. The summed E-state index contributed by atoms with van der Waals surface area (Å²) in [7, 11) is 0. The second kappa shape index (κ2) is 12.0. The number of hydrogen-bond acceptors (Lipinski definition) is 2. The first kappa shape index (κ1) is 17.3. The summed E-state index contributed by atoms with van der Waals surface area (Å²) in [6.07, 6.45) is 19.4. The lowest BCUT2D eigenvalue weighted by Crippen LogP contribution is -2.18. The van der Waals surface area contributed by atoms with Crippen LogP contribution in [0.2, 0.25) is 0 Å². The zero-order valence-corrected chi connectivity index (χ0v) is 13.2. The van der Waals surface area contributed by atoms with Crippen molar-refractivity contribution in [3.05, 3.63) is 12.2 Å². The van der Waals surface area contributed by atoms with Crippen molar-refractivity contribution >= 4 is 5.97 Å². The van der Waals surface area contributed by atoms with Crippen LogP contribution in [0, 0.1) is 0 Å². The van der Waals surface area contributed by atoms with Gasteiger partial charge in [0.05, 0.1) is 0 Å². The van der Waals surface area contributed by atoms with Gasteiger partial charge >= 0.3 is 5.97 Å². The predicted molar refractivity (Wildman–Crippen MR) is 84.7 cm³/mol. The number of cyclic esters (lactones) is 1. The Morgan fingerprint density at radius 1 is 1.00 bits per heavy atom. The summed E-state index contributed by atoms with van der Waals surface area (Å²) in [5.41, 5.74) is 0. The highest BCUT2D eigenvalue weighted by Crippen LogP contribution is 2.16. The molecule has 0 fully saturated rings. The highest BCUT2D eigenvalue weighted by molar-refractivity contribution is 5.69. The van der Waals surface area contributed by atoms with Gasteiger partial charge in [-0.15, -0.1) is 0 Å². The average molecular weight is 280 g/mol. The quantitative estimate of drug-likeness (QED) is 0.489. The van der Waals surface area contributed by atoms with Crippen LogP contribution >= 0.6 is 0 Å². The zero-order valence-electron chi connectivity index (χ0n) is 13.2. The Morgan fingerprint density at radius 2 is 1.65 bits per heavy atom. The van der Waals surface area contributed by atoms with E-state index in [-0.39, 0.29) is 12.1 Å². The van der Waals surface area contributed by atoms with Gasteiger partial charge in [-0.2, -0.15) is 0 Å². The maximum atomic E-state index is 11.8. The fourth-order valence-electron chi connectivity index (χ4n) is 2.76. The van der Waals surface area contributed by atoms with E-state index in [2.05, 4.69) is 19.1 Å². The number of allylic oxidation sites excluding steroid dienone is 2. The topological polar surface area (TPSA) is 26.3 Å². The molecule has 1 rings (SSSR count). The first-order valence-electron chi connectivity index (χ1n) is 8.67. The van der Waals surface area contributed by atoms with E-state index in [0.29, 0.717) is 6.42 Å². The highest BCUT2D eigenvalue weighted by atomic mass is 16.5. The Hall–Kier alpha value is -0.790. The van der Waals surface area contributed by atoms with Gasteiger partial charge in [0.25, 0.3) is 0 Å². The van der Waals surface area contributed by atoms with E-state index in [4.69, 9.17) is 4.74 Å². The molecule has 0 aliphatic carbocycles. The molecular formula is C18H32O2. The van der Waals surface area contributed by atoms with E-state index in [1.54, 1.807) is 0 Å². The maximum Gasteiger partial charge on any atom is 0.306 e. The van der Waals surface area contributed by atoms with Crippen molar-refractivity contribution in [2.24, 2.45) is 0 Å². The van der Waals surface area contributed by atoms with Gasteiger partial charge in [-0.25, -0.2) is 0 Å². The number of ether oxygens (including phenoxy) is 1. The predicted octanol–water partition coefficient (Wildman–Crippen LogP) is 5.56. The lowest BCUT2D eigenvalue weighted by Gasteiger charge is -2.17. The minimum absolute atomic E-state index is 0.0134. The van der Waals surface area contributed by atoms with Gasteiger partial charge in [-0.3, -0.25) is 4.79 Å². The molecule has 0 aromatic carbocycles. The van der Waals surface area contributed by atoms with Crippen LogP contribution in [-0.2, 0) is 9.53 Å². The molecule has 1 aliphatic heterocycles. The summed E-state index contributed by atoms with van der Waals surface area (Å²) in [6.45, 7) is 2.17. The zero-order chi connectivity index (χ0) is 14.5. The van der Waals surface area contributed by atoms with Crippen LogP contribution in [0.25, 0.3) is 0 Å². The van der Waals surface area contributed by atoms with Crippen LogP contribution < -0.4 is 0 Å². The number of hydrogen-bond donors (Lipinski definition) is 0. The fraction of sp³-hybridized carbons (Fsp3) is 0.833. The van der Waals surface area contributed by atoms with Crippen molar-refractivity contribution in [1.82, 2.24) is 0 Å². The van der Waals surface area contributed by atoms with Crippen LogP contribution in [0.15, 0.2) is 12.2 Å². The second-order valence-corrected chi connectivity index (χ2v) is 5.96. The number of carbonyl (C=O) groups is 1. The van der Waals surface area contributed by atoms with Crippen molar-refractivity contribution in [3.8, 4) is 0 Å². The highest BCUT2D eigenvalue weighted by Gasteiger charge is 2.13. The van der Waals surface area contributed by atoms with Crippen molar-refractivity contribution < 1.29 is 9.53 Å². The molecule has 0 amide bonds. The Morgan fingerprint density at radius 3 is 2.40 bits per heavy atom. The Kier molecular flexibility index (Phi) is 10.3. The first-order valence-corrected chi connectivity index (χ1v) is 8.67. The van der Waals surface area contributed by atoms with E-state index in [9.17, 15) is 4.79 Å². The van der Waals surface area contributed by atoms with Crippen LogP contribution in [0.1, 0.15) is 90.4 Å². The molecule has 1 atom stereocenters. The molecule has 20 heavy (non-hydrogen) atoms. The third-order valence-electron chi connectivity index (χ3n) is 3.97. The molecule has 0 saturated heterocycles. The summed E-state index contributed by atoms with van der Waals surface area (Å²) in [5.74, 6) is 0.0134. The molecule has 116 valence electrons. The summed E-state index contributed by atoms with van der Waals surface area (Å²) < 4.78 is 5.63. The Bertz CT molecular complexity index is 271. The molecule has 0 aromatic rings. The Balaban J connectivity index is 2.37. The molecule has 0 saturated carbocycles. The summed E-state index contributed by atoms with van der Waals surface area (Å²) in [5, 5.41) is 0. The monoisotopic (exact) mass is 280 g/mol. The molecule has 1 heterocycles. The van der Waals surface area contributed by atoms with Gasteiger partial charge in [0.15, 0.2) is 0 Å². The standard InChI is InChI=1S/C18H32O2/c1-2-14-17-15-12-10-8-6-4-3-5-7-9-11-13-16-18(19)20-17/h5,7,17H,2-4,6,8-16H2,1H3. The van der Waals surface area contributed by atoms with Gasteiger partial charge in [-0.1, -0.05) is 44.8 Å². The summed E-state index contributed by atoms with van der Waals surface area (Å²) >= 11 is 0. The van der Waals surface area contributed by atoms with Gasteiger partial charge in [0.2, 0.25) is 0 Å². The smallest absolute Gasteiger partial charge is 0.306 e. The van der Waals surface area contributed by atoms with E-state index in [0.717, 1.165) is 38.5 Å².